The molecule has 6 heteroatoms. The van der Waals surface area contributed by atoms with E-state index >= 15 is 0 Å². The van der Waals surface area contributed by atoms with Gasteiger partial charge < -0.3 is 9.31 Å². The Morgan fingerprint density at radius 1 is 1.16 bits per heavy atom. The van der Waals surface area contributed by atoms with Gasteiger partial charge in [0.2, 0.25) is 0 Å². The standard InChI is InChI=1S/C19H22BNO4/c1-13-9-14(2)11-15(10-13)20-24-12-19(3,4)18(25-20)16-7-5-6-8-17(16)21(22)23/h5-11,18H,12H2,1-4H3. The molecule has 1 atom stereocenters. The van der Waals surface area contributed by atoms with Gasteiger partial charge in [0, 0.05) is 18.1 Å². The van der Waals surface area contributed by atoms with Crippen LogP contribution < -0.4 is 5.46 Å². The minimum atomic E-state index is -0.531. The minimum Gasteiger partial charge on any atom is -0.407 e. The summed E-state index contributed by atoms with van der Waals surface area (Å²) in [6.45, 7) is 8.53. The molecule has 0 N–H and O–H groups in total. The first kappa shape index (κ1) is 17.6. The van der Waals surface area contributed by atoms with Crippen LogP contribution in [0.1, 0.15) is 36.6 Å². The Morgan fingerprint density at radius 3 is 2.44 bits per heavy atom. The normalized spacial score (nSPS) is 19.7. The zero-order valence-corrected chi connectivity index (χ0v) is 15.0. The SMILES string of the molecule is Cc1cc(C)cc(B2OCC(C)(C)C(c3ccccc3[N+](=O)[O-])O2)c1. The molecule has 1 unspecified atom stereocenters. The van der Waals surface area contributed by atoms with Crippen LogP contribution in [0.15, 0.2) is 42.5 Å². The number of rotatable bonds is 3. The molecule has 0 aromatic heterocycles. The average molecular weight is 339 g/mol. The van der Waals surface area contributed by atoms with Gasteiger partial charge in [-0.1, -0.05) is 55.3 Å². The second kappa shape index (κ2) is 6.62. The molecule has 1 aliphatic heterocycles. The summed E-state index contributed by atoms with van der Waals surface area (Å²) in [5, 5.41) is 11.4. The average Bonchev–Trinajstić information content (AvgIpc) is 2.53. The first-order chi connectivity index (χ1) is 11.8. The summed E-state index contributed by atoms with van der Waals surface area (Å²) >= 11 is 0. The monoisotopic (exact) mass is 339 g/mol. The largest absolute Gasteiger partial charge is 0.494 e. The lowest BCUT2D eigenvalue weighted by Crippen LogP contribution is -2.49. The van der Waals surface area contributed by atoms with Crippen LogP contribution in [-0.2, 0) is 9.31 Å². The molecule has 5 nitrogen and oxygen atoms in total. The molecule has 1 fully saturated rings. The van der Waals surface area contributed by atoms with Gasteiger partial charge >= 0.3 is 7.12 Å². The van der Waals surface area contributed by atoms with Gasteiger partial charge in [-0.3, -0.25) is 10.1 Å². The number of nitro groups is 1. The molecule has 1 heterocycles. The van der Waals surface area contributed by atoms with Crippen molar-refractivity contribution in [1.82, 2.24) is 0 Å². The van der Waals surface area contributed by atoms with Gasteiger partial charge in [0.25, 0.3) is 5.69 Å². The summed E-state index contributed by atoms with van der Waals surface area (Å²) in [5.41, 5.74) is 3.51. The quantitative estimate of drug-likeness (QED) is 0.486. The van der Waals surface area contributed by atoms with Crippen molar-refractivity contribution in [2.45, 2.75) is 33.8 Å². The van der Waals surface area contributed by atoms with Crippen LogP contribution in [0.4, 0.5) is 5.69 Å². The molecule has 1 aliphatic rings. The van der Waals surface area contributed by atoms with Gasteiger partial charge in [-0.05, 0) is 25.4 Å². The fourth-order valence-corrected chi connectivity index (χ4v) is 3.40. The Hall–Kier alpha value is -2.18. The van der Waals surface area contributed by atoms with Crippen molar-refractivity contribution in [3.05, 3.63) is 69.3 Å². The van der Waals surface area contributed by atoms with Crippen LogP contribution in [0, 0.1) is 29.4 Å². The summed E-state index contributed by atoms with van der Waals surface area (Å²) < 4.78 is 12.2. The van der Waals surface area contributed by atoms with Crippen molar-refractivity contribution in [3.8, 4) is 0 Å². The second-order valence-electron chi connectivity index (χ2n) is 7.38. The molecule has 2 aromatic carbocycles. The van der Waals surface area contributed by atoms with Crippen LogP contribution in [0.3, 0.4) is 0 Å². The van der Waals surface area contributed by atoms with E-state index in [0.717, 1.165) is 16.6 Å². The predicted molar refractivity (Wildman–Crippen MR) is 98.0 cm³/mol. The fraction of sp³-hybridized carbons (Fsp3) is 0.368. The highest BCUT2D eigenvalue weighted by atomic mass is 16.6. The van der Waals surface area contributed by atoms with Gasteiger partial charge in [-0.25, -0.2) is 0 Å². The molecule has 25 heavy (non-hydrogen) atoms. The molecule has 0 aliphatic carbocycles. The van der Waals surface area contributed by atoms with Crippen LogP contribution in [0.25, 0.3) is 0 Å². The molecule has 0 saturated carbocycles. The van der Waals surface area contributed by atoms with E-state index < -0.39 is 13.2 Å². The third-order valence-electron chi connectivity index (χ3n) is 4.51. The molecular weight excluding hydrogens is 317 g/mol. The highest BCUT2D eigenvalue weighted by Crippen LogP contribution is 2.43. The van der Waals surface area contributed by atoms with E-state index in [1.165, 1.54) is 6.07 Å². The maximum Gasteiger partial charge on any atom is 0.494 e. The fourth-order valence-electron chi connectivity index (χ4n) is 3.40. The lowest BCUT2D eigenvalue weighted by Gasteiger charge is -2.41. The van der Waals surface area contributed by atoms with E-state index in [4.69, 9.17) is 9.31 Å². The Morgan fingerprint density at radius 2 is 1.80 bits per heavy atom. The molecule has 0 amide bonds. The number of benzene rings is 2. The number of hydrogen-bond donors (Lipinski definition) is 0. The second-order valence-corrected chi connectivity index (χ2v) is 7.38. The number of nitrogens with zero attached hydrogens (tertiary/aromatic N) is 1. The molecule has 2 aromatic rings. The summed E-state index contributed by atoms with van der Waals surface area (Å²) in [5.74, 6) is 0. The number of aryl methyl sites for hydroxylation is 2. The lowest BCUT2D eigenvalue weighted by molar-refractivity contribution is -0.386. The molecule has 0 spiro atoms. The van der Waals surface area contributed by atoms with Crippen molar-refractivity contribution in [2.24, 2.45) is 5.41 Å². The van der Waals surface area contributed by atoms with E-state index in [1.54, 1.807) is 12.1 Å². The van der Waals surface area contributed by atoms with Crippen LogP contribution in [-0.4, -0.2) is 18.6 Å². The highest BCUT2D eigenvalue weighted by molar-refractivity contribution is 6.61. The lowest BCUT2D eigenvalue weighted by atomic mass is 9.71. The zero-order valence-electron chi connectivity index (χ0n) is 15.0. The van der Waals surface area contributed by atoms with E-state index in [0.29, 0.717) is 12.2 Å². The first-order valence-electron chi connectivity index (χ1n) is 8.36. The topological polar surface area (TPSA) is 61.6 Å². The van der Waals surface area contributed by atoms with Gasteiger partial charge in [-0.15, -0.1) is 0 Å². The Labute approximate surface area is 148 Å². The zero-order chi connectivity index (χ0) is 18.2. The van der Waals surface area contributed by atoms with E-state index in [2.05, 4.69) is 6.07 Å². The van der Waals surface area contributed by atoms with Crippen molar-refractivity contribution in [1.29, 1.82) is 0 Å². The minimum absolute atomic E-state index is 0.0849. The molecule has 1 saturated heterocycles. The highest BCUT2D eigenvalue weighted by Gasteiger charge is 2.44. The van der Waals surface area contributed by atoms with Crippen LogP contribution in [0.2, 0.25) is 0 Å². The van der Waals surface area contributed by atoms with Gasteiger partial charge in [-0.2, -0.15) is 0 Å². The maximum absolute atomic E-state index is 11.4. The van der Waals surface area contributed by atoms with Crippen molar-refractivity contribution >= 4 is 18.3 Å². The van der Waals surface area contributed by atoms with Gasteiger partial charge in [0.15, 0.2) is 0 Å². The predicted octanol–water partition coefficient (Wildman–Crippen LogP) is 3.72. The van der Waals surface area contributed by atoms with Crippen molar-refractivity contribution < 1.29 is 14.2 Å². The van der Waals surface area contributed by atoms with Crippen LogP contribution >= 0.6 is 0 Å². The van der Waals surface area contributed by atoms with Gasteiger partial charge in [0.05, 0.1) is 16.6 Å². The van der Waals surface area contributed by atoms with Crippen molar-refractivity contribution in [2.75, 3.05) is 6.61 Å². The number of para-hydroxylation sites is 1. The molecule has 3 rings (SSSR count). The molecule has 0 bridgehead atoms. The summed E-state index contributed by atoms with van der Waals surface area (Å²) in [6, 6.07) is 12.9. The Balaban J connectivity index is 1.99. The number of nitro benzene ring substituents is 1. The molecular formula is C19H22BNO4. The maximum atomic E-state index is 11.4. The third-order valence-corrected chi connectivity index (χ3v) is 4.51. The number of hydrogen-bond acceptors (Lipinski definition) is 4. The first-order valence-corrected chi connectivity index (χ1v) is 8.36. The Bertz CT molecular complexity index is 786. The Kier molecular flexibility index (Phi) is 4.67. The van der Waals surface area contributed by atoms with E-state index in [1.807, 2.05) is 45.9 Å². The summed E-state index contributed by atoms with van der Waals surface area (Å²) in [6.07, 6.45) is -0.423. The summed E-state index contributed by atoms with van der Waals surface area (Å²) in [4.78, 5) is 11.1. The van der Waals surface area contributed by atoms with Gasteiger partial charge in [0.1, 0.15) is 0 Å². The molecule has 0 radical (unpaired) electrons. The van der Waals surface area contributed by atoms with Crippen molar-refractivity contribution in [3.63, 3.8) is 0 Å². The van der Waals surface area contributed by atoms with E-state index in [-0.39, 0.29) is 16.0 Å². The van der Waals surface area contributed by atoms with Crippen LogP contribution in [0.5, 0.6) is 0 Å². The third kappa shape index (κ3) is 3.60. The summed E-state index contributed by atoms with van der Waals surface area (Å²) in [7, 11) is -0.531. The molecule has 130 valence electrons. The van der Waals surface area contributed by atoms with E-state index in [9.17, 15) is 10.1 Å². The smallest absolute Gasteiger partial charge is 0.407 e.